The lowest BCUT2D eigenvalue weighted by Crippen LogP contribution is -2.52. The maximum Gasteiger partial charge on any atom is 0.255 e. The quantitative estimate of drug-likeness (QED) is 0.810. The number of nitrogens with zero attached hydrogens (tertiary/aromatic N) is 2. The number of benzene rings is 1. The lowest BCUT2D eigenvalue weighted by atomic mass is 9.88. The zero-order valence-electron chi connectivity index (χ0n) is 16.5. The molecule has 4 rings (SSSR count). The van der Waals surface area contributed by atoms with E-state index in [1.54, 1.807) is 4.90 Å². The summed E-state index contributed by atoms with van der Waals surface area (Å²) in [5.41, 5.74) is 3.00. The van der Waals surface area contributed by atoms with Gasteiger partial charge in [-0.15, -0.1) is 0 Å². The van der Waals surface area contributed by atoms with E-state index in [-0.39, 0.29) is 24.1 Å². The van der Waals surface area contributed by atoms with Gasteiger partial charge in [-0.1, -0.05) is 26.0 Å². The van der Waals surface area contributed by atoms with E-state index < -0.39 is 6.04 Å². The first-order chi connectivity index (χ1) is 13.0. The summed E-state index contributed by atoms with van der Waals surface area (Å²) >= 11 is 0. The predicted molar refractivity (Wildman–Crippen MR) is 103 cm³/mol. The number of amides is 3. The highest BCUT2D eigenvalue weighted by Crippen LogP contribution is 2.33. The fourth-order valence-corrected chi connectivity index (χ4v) is 4.19. The molecule has 1 unspecified atom stereocenters. The number of hydrogen-bond donors (Lipinski definition) is 1. The molecule has 3 heterocycles. The van der Waals surface area contributed by atoms with E-state index in [1.807, 2.05) is 19.9 Å². The van der Waals surface area contributed by atoms with E-state index in [1.165, 1.54) is 5.56 Å². The van der Waals surface area contributed by atoms with Gasteiger partial charge in [-0.2, -0.15) is 0 Å². The van der Waals surface area contributed by atoms with Crippen LogP contribution < -0.4 is 5.32 Å². The van der Waals surface area contributed by atoms with Gasteiger partial charge in [0.15, 0.2) is 0 Å². The average molecular weight is 371 g/mol. The molecule has 6 nitrogen and oxygen atoms in total. The Kier molecular flexibility index (Phi) is 5.95. The third-order valence-electron chi connectivity index (χ3n) is 5.74. The van der Waals surface area contributed by atoms with Gasteiger partial charge in [0.05, 0.1) is 0 Å². The Morgan fingerprint density at radius 1 is 1.04 bits per heavy atom. The van der Waals surface area contributed by atoms with Gasteiger partial charge in [0, 0.05) is 18.5 Å². The van der Waals surface area contributed by atoms with Gasteiger partial charge in [-0.05, 0) is 62.5 Å². The molecule has 0 saturated carbocycles. The van der Waals surface area contributed by atoms with E-state index >= 15 is 0 Å². The first-order valence-electron chi connectivity index (χ1n) is 9.99. The Hall–Kier alpha value is -2.21. The lowest BCUT2D eigenvalue weighted by Gasteiger charge is -2.29. The average Bonchev–Trinajstić information content (AvgIpc) is 3.00. The van der Waals surface area contributed by atoms with Crippen LogP contribution in [0.4, 0.5) is 0 Å². The second-order valence-electron chi connectivity index (χ2n) is 7.39. The highest BCUT2D eigenvalue weighted by molar-refractivity contribution is 6.05. The van der Waals surface area contributed by atoms with Crippen molar-refractivity contribution < 1.29 is 14.4 Å². The molecule has 27 heavy (non-hydrogen) atoms. The smallest absolute Gasteiger partial charge is 0.255 e. The zero-order chi connectivity index (χ0) is 19.6. The summed E-state index contributed by atoms with van der Waals surface area (Å²) in [6.07, 6.45) is 2.98. The van der Waals surface area contributed by atoms with Crippen LogP contribution >= 0.6 is 0 Å². The number of carbonyl (C=O) groups is 3. The van der Waals surface area contributed by atoms with Crippen molar-refractivity contribution >= 4 is 17.7 Å². The van der Waals surface area contributed by atoms with Gasteiger partial charge in [-0.25, -0.2) is 0 Å². The van der Waals surface area contributed by atoms with Crippen molar-refractivity contribution in [2.45, 2.75) is 58.0 Å². The van der Waals surface area contributed by atoms with E-state index in [0.717, 1.165) is 31.5 Å². The summed E-state index contributed by atoms with van der Waals surface area (Å²) in [5, 5.41) is 2.34. The van der Waals surface area contributed by atoms with Crippen molar-refractivity contribution in [3.05, 3.63) is 34.9 Å². The number of carbonyl (C=O) groups excluding carboxylic acids is 3. The van der Waals surface area contributed by atoms with Gasteiger partial charge in [0.1, 0.15) is 6.04 Å². The second-order valence-corrected chi connectivity index (χ2v) is 7.39. The first-order valence-corrected chi connectivity index (χ1v) is 9.99. The number of piperidine rings is 2. The lowest BCUT2D eigenvalue weighted by molar-refractivity contribution is -0.136. The molecule has 1 aromatic carbocycles. The summed E-state index contributed by atoms with van der Waals surface area (Å²) in [4.78, 5) is 40.1. The monoisotopic (exact) mass is 371 g/mol. The molecule has 1 atom stereocenters. The van der Waals surface area contributed by atoms with Gasteiger partial charge in [-0.3, -0.25) is 19.7 Å². The number of nitrogens with one attached hydrogen (secondary N) is 1. The van der Waals surface area contributed by atoms with Crippen molar-refractivity contribution in [3.63, 3.8) is 0 Å². The topological polar surface area (TPSA) is 69.7 Å². The van der Waals surface area contributed by atoms with E-state index in [9.17, 15) is 14.4 Å². The van der Waals surface area contributed by atoms with E-state index in [0.29, 0.717) is 24.4 Å². The van der Waals surface area contributed by atoms with Crippen molar-refractivity contribution in [1.82, 2.24) is 15.1 Å². The maximum atomic E-state index is 12.7. The van der Waals surface area contributed by atoms with Gasteiger partial charge >= 0.3 is 0 Å². The van der Waals surface area contributed by atoms with Crippen molar-refractivity contribution in [1.29, 1.82) is 0 Å². The van der Waals surface area contributed by atoms with Gasteiger partial charge < -0.3 is 9.80 Å². The molecule has 3 aliphatic heterocycles. The van der Waals surface area contributed by atoms with Gasteiger partial charge in [0.2, 0.25) is 11.8 Å². The molecule has 0 aromatic heterocycles. The normalized spacial score (nSPS) is 23.6. The minimum absolute atomic E-state index is 0.0978. The minimum Gasteiger partial charge on any atom is -0.322 e. The molecule has 0 radical (unpaired) electrons. The third kappa shape index (κ3) is 3.90. The van der Waals surface area contributed by atoms with Crippen LogP contribution in [0.3, 0.4) is 0 Å². The fourth-order valence-electron chi connectivity index (χ4n) is 4.19. The number of rotatable bonds is 2. The third-order valence-corrected chi connectivity index (χ3v) is 5.74. The Morgan fingerprint density at radius 3 is 2.41 bits per heavy atom. The van der Waals surface area contributed by atoms with Crippen LogP contribution in [0.25, 0.3) is 0 Å². The number of hydrogen-bond acceptors (Lipinski definition) is 4. The van der Waals surface area contributed by atoms with Gasteiger partial charge in [0.25, 0.3) is 5.91 Å². The Labute approximate surface area is 160 Å². The standard InChI is InChI=1S/C19H23N3O3.C2H6/c1-21-8-6-12(7-9-21)13-2-3-15-14(10-13)11-22(19(15)25)16-4-5-17(23)20-18(16)24;1-2/h2-3,10,12,16H,4-9,11H2,1H3,(H,20,23,24);1-2H3. The Bertz CT molecular complexity index is 738. The van der Waals surface area contributed by atoms with E-state index in [2.05, 4.69) is 29.4 Å². The van der Waals surface area contributed by atoms with Crippen LogP contribution in [0.1, 0.15) is 66.9 Å². The molecule has 1 aromatic rings. The SMILES string of the molecule is CC.CN1CCC(c2ccc3c(c2)CN(C2CCC(=O)NC2=O)C3=O)CC1. The van der Waals surface area contributed by atoms with Crippen LogP contribution in [0.2, 0.25) is 0 Å². The van der Waals surface area contributed by atoms with E-state index in [4.69, 9.17) is 0 Å². The molecule has 146 valence electrons. The Morgan fingerprint density at radius 2 is 1.74 bits per heavy atom. The zero-order valence-corrected chi connectivity index (χ0v) is 16.5. The molecule has 6 heteroatoms. The highest BCUT2D eigenvalue weighted by Gasteiger charge is 2.39. The maximum absolute atomic E-state index is 12.7. The van der Waals surface area contributed by atoms with Crippen LogP contribution in [-0.2, 0) is 16.1 Å². The largest absolute Gasteiger partial charge is 0.322 e. The minimum atomic E-state index is -0.538. The number of fused-ring (bicyclic) bond motifs is 1. The van der Waals surface area contributed by atoms with Crippen LogP contribution in [0, 0.1) is 0 Å². The van der Waals surface area contributed by atoms with Crippen molar-refractivity contribution in [2.24, 2.45) is 0 Å². The highest BCUT2D eigenvalue weighted by atomic mass is 16.2. The summed E-state index contributed by atoms with van der Waals surface area (Å²) in [7, 11) is 2.15. The number of likely N-dealkylation sites (tertiary alicyclic amines) is 1. The van der Waals surface area contributed by atoms with Crippen LogP contribution in [0.5, 0.6) is 0 Å². The molecule has 2 saturated heterocycles. The molecule has 0 aliphatic carbocycles. The summed E-state index contributed by atoms with van der Waals surface area (Å²) in [6, 6.07) is 5.59. The summed E-state index contributed by atoms with van der Waals surface area (Å²) in [5.74, 6) is -0.163. The molecule has 0 bridgehead atoms. The molecule has 1 N–H and O–H groups in total. The Balaban J connectivity index is 0.00000102. The first kappa shape index (κ1) is 19.5. The molecule has 0 spiro atoms. The predicted octanol–water partition coefficient (Wildman–Crippen LogP) is 2.28. The molecule has 3 amide bonds. The second kappa shape index (κ2) is 8.21. The van der Waals surface area contributed by atoms with Crippen LogP contribution in [0.15, 0.2) is 18.2 Å². The van der Waals surface area contributed by atoms with Crippen LogP contribution in [-0.4, -0.2) is 53.7 Å². The molecule has 3 aliphatic rings. The molecular weight excluding hydrogens is 342 g/mol. The van der Waals surface area contributed by atoms with Crippen molar-refractivity contribution in [3.8, 4) is 0 Å². The fraction of sp³-hybridized carbons (Fsp3) is 0.571. The number of imide groups is 1. The van der Waals surface area contributed by atoms with Crippen molar-refractivity contribution in [2.75, 3.05) is 20.1 Å². The summed E-state index contributed by atoms with van der Waals surface area (Å²) in [6.45, 7) is 6.66. The summed E-state index contributed by atoms with van der Waals surface area (Å²) < 4.78 is 0. The molecular formula is C21H29N3O3. The molecule has 2 fully saturated rings.